The molecule has 3 aromatic rings. The Morgan fingerprint density at radius 2 is 1.79 bits per heavy atom. The Labute approximate surface area is 172 Å². The summed E-state index contributed by atoms with van der Waals surface area (Å²) in [7, 11) is 0. The van der Waals surface area contributed by atoms with Gasteiger partial charge in [-0.1, -0.05) is 27.2 Å². The highest BCUT2D eigenvalue weighted by molar-refractivity contribution is 9.10. The first kappa shape index (κ1) is 18.7. The summed E-state index contributed by atoms with van der Waals surface area (Å²) in [6, 6.07) is 15.7. The van der Waals surface area contributed by atoms with Gasteiger partial charge in [0.15, 0.2) is 5.69 Å². The zero-order valence-electron chi connectivity index (χ0n) is 15.7. The van der Waals surface area contributed by atoms with Gasteiger partial charge in [0, 0.05) is 28.9 Å². The number of aromatic nitrogens is 3. The van der Waals surface area contributed by atoms with Gasteiger partial charge >= 0.3 is 0 Å². The van der Waals surface area contributed by atoms with E-state index in [1.54, 1.807) is 4.68 Å². The maximum Gasteiger partial charge on any atom is 0.278 e. The molecule has 0 unspecified atom stereocenters. The topological polar surface area (TPSA) is 63.1 Å². The number of halogens is 1. The van der Waals surface area contributed by atoms with Crippen molar-refractivity contribution in [1.82, 2.24) is 15.0 Å². The summed E-state index contributed by atoms with van der Waals surface area (Å²) in [4.78, 5) is 15.1. The Morgan fingerprint density at radius 1 is 1.04 bits per heavy atom. The molecule has 1 fully saturated rings. The van der Waals surface area contributed by atoms with Gasteiger partial charge in [0.05, 0.1) is 11.4 Å². The minimum atomic E-state index is -0.260. The standard InChI is InChI=1S/C21H22BrN5O/c1-15-20(24-25-27(15)19-7-5-6-16(22)14-19)21(28)23-17-8-10-18(11-9-17)26-12-3-2-4-13-26/h5-11,14H,2-4,12-13H2,1H3,(H,23,28). The van der Waals surface area contributed by atoms with E-state index in [1.807, 2.05) is 43.3 Å². The van der Waals surface area contributed by atoms with E-state index in [0.717, 1.165) is 28.9 Å². The Bertz CT molecular complexity index is 977. The molecule has 0 radical (unpaired) electrons. The minimum absolute atomic E-state index is 0.260. The van der Waals surface area contributed by atoms with E-state index in [4.69, 9.17) is 0 Å². The summed E-state index contributed by atoms with van der Waals surface area (Å²) in [5.41, 5.74) is 3.82. The number of nitrogens with one attached hydrogen (secondary N) is 1. The predicted octanol–water partition coefficient (Wildman–Crippen LogP) is 4.58. The second kappa shape index (κ2) is 8.14. The lowest BCUT2D eigenvalue weighted by Crippen LogP contribution is -2.29. The number of rotatable bonds is 4. The zero-order chi connectivity index (χ0) is 19.5. The molecule has 0 bridgehead atoms. The van der Waals surface area contributed by atoms with Crippen LogP contribution in [0.3, 0.4) is 0 Å². The quantitative estimate of drug-likeness (QED) is 0.645. The molecule has 1 amide bonds. The third kappa shape index (κ3) is 3.94. The van der Waals surface area contributed by atoms with Gasteiger partial charge in [-0.2, -0.15) is 0 Å². The normalized spacial score (nSPS) is 14.1. The number of piperidine rings is 1. The van der Waals surface area contributed by atoms with Crippen LogP contribution in [-0.2, 0) is 0 Å². The van der Waals surface area contributed by atoms with Crippen molar-refractivity contribution in [3.8, 4) is 5.69 Å². The van der Waals surface area contributed by atoms with Gasteiger partial charge in [-0.15, -0.1) is 5.10 Å². The van der Waals surface area contributed by atoms with Crippen LogP contribution in [0, 0.1) is 6.92 Å². The first-order valence-corrected chi connectivity index (χ1v) is 10.3. The van der Waals surface area contributed by atoms with Crippen molar-refractivity contribution in [1.29, 1.82) is 0 Å². The number of amides is 1. The Hall–Kier alpha value is -2.67. The van der Waals surface area contributed by atoms with E-state index in [2.05, 4.69) is 48.6 Å². The summed E-state index contributed by atoms with van der Waals surface area (Å²) in [6.07, 6.45) is 3.79. The highest BCUT2D eigenvalue weighted by atomic mass is 79.9. The van der Waals surface area contributed by atoms with E-state index in [0.29, 0.717) is 11.4 Å². The summed E-state index contributed by atoms with van der Waals surface area (Å²) in [5.74, 6) is -0.260. The smallest absolute Gasteiger partial charge is 0.278 e. The average Bonchev–Trinajstić information content (AvgIpc) is 3.11. The number of carbonyl (C=O) groups excluding carboxylic acids is 1. The molecule has 1 aromatic heterocycles. The van der Waals surface area contributed by atoms with Crippen LogP contribution in [-0.4, -0.2) is 34.0 Å². The minimum Gasteiger partial charge on any atom is -0.372 e. The maximum absolute atomic E-state index is 12.7. The van der Waals surface area contributed by atoms with Crippen molar-refractivity contribution in [3.05, 3.63) is 64.4 Å². The average molecular weight is 440 g/mol. The maximum atomic E-state index is 12.7. The third-order valence-corrected chi connectivity index (χ3v) is 5.50. The molecule has 2 heterocycles. The van der Waals surface area contributed by atoms with Gasteiger partial charge in [-0.25, -0.2) is 4.68 Å². The fourth-order valence-electron chi connectivity index (χ4n) is 3.49. The molecular formula is C21H22BrN5O. The van der Waals surface area contributed by atoms with E-state index in [-0.39, 0.29) is 5.91 Å². The number of hydrogen-bond acceptors (Lipinski definition) is 4. The molecule has 1 N–H and O–H groups in total. The molecule has 0 aliphatic carbocycles. The van der Waals surface area contributed by atoms with Crippen molar-refractivity contribution in [2.45, 2.75) is 26.2 Å². The number of benzene rings is 2. The van der Waals surface area contributed by atoms with Crippen LogP contribution in [0.15, 0.2) is 53.0 Å². The fourth-order valence-corrected chi connectivity index (χ4v) is 3.88. The SMILES string of the molecule is Cc1c(C(=O)Nc2ccc(N3CCCCC3)cc2)nnn1-c1cccc(Br)c1. The van der Waals surface area contributed by atoms with Crippen molar-refractivity contribution >= 4 is 33.2 Å². The third-order valence-electron chi connectivity index (χ3n) is 5.01. The number of hydrogen-bond donors (Lipinski definition) is 1. The van der Waals surface area contributed by atoms with Crippen LogP contribution in [0.1, 0.15) is 35.4 Å². The largest absolute Gasteiger partial charge is 0.372 e. The summed E-state index contributed by atoms with van der Waals surface area (Å²) in [6.45, 7) is 4.04. The van der Waals surface area contributed by atoms with Crippen LogP contribution in [0.5, 0.6) is 0 Å². The number of carbonyl (C=O) groups is 1. The van der Waals surface area contributed by atoms with E-state index in [9.17, 15) is 4.79 Å². The first-order valence-electron chi connectivity index (χ1n) is 9.46. The highest BCUT2D eigenvalue weighted by Gasteiger charge is 2.18. The second-order valence-electron chi connectivity index (χ2n) is 6.96. The lowest BCUT2D eigenvalue weighted by molar-refractivity contribution is 0.102. The van der Waals surface area contributed by atoms with E-state index >= 15 is 0 Å². The van der Waals surface area contributed by atoms with Gasteiger partial charge in [0.1, 0.15) is 0 Å². The second-order valence-corrected chi connectivity index (χ2v) is 7.88. The molecule has 4 rings (SSSR count). The summed E-state index contributed by atoms with van der Waals surface area (Å²) in [5, 5.41) is 11.2. The molecule has 6 nitrogen and oxygen atoms in total. The molecule has 0 spiro atoms. The van der Waals surface area contributed by atoms with Crippen molar-refractivity contribution in [2.75, 3.05) is 23.3 Å². The monoisotopic (exact) mass is 439 g/mol. The molecule has 0 atom stereocenters. The van der Waals surface area contributed by atoms with Gasteiger partial charge in [-0.05, 0) is 68.7 Å². The Morgan fingerprint density at radius 3 is 2.50 bits per heavy atom. The first-order chi connectivity index (χ1) is 13.6. The Balaban J connectivity index is 1.48. The fraction of sp³-hybridized carbons (Fsp3) is 0.286. The van der Waals surface area contributed by atoms with Crippen LogP contribution in [0.25, 0.3) is 5.69 Å². The molecule has 7 heteroatoms. The molecular weight excluding hydrogens is 418 g/mol. The molecule has 1 aliphatic heterocycles. The molecule has 28 heavy (non-hydrogen) atoms. The van der Waals surface area contributed by atoms with Gasteiger partial charge in [0.2, 0.25) is 0 Å². The van der Waals surface area contributed by atoms with Crippen LogP contribution in [0.2, 0.25) is 0 Å². The number of nitrogens with zero attached hydrogens (tertiary/aromatic N) is 4. The lowest BCUT2D eigenvalue weighted by Gasteiger charge is -2.28. The number of anilines is 2. The van der Waals surface area contributed by atoms with Crippen LogP contribution < -0.4 is 10.2 Å². The predicted molar refractivity (Wildman–Crippen MR) is 114 cm³/mol. The molecule has 1 aliphatic rings. The van der Waals surface area contributed by atoms with E-state index < -0.39 is 0 Å². The van der Waals surface area contributed by atoms with Crippen molar-refractivity contribution < 1.29 is 4.79 Å². The van der Waals surface area contributed by atoms with Crippen molar-refractivity contribution in [3.63, 3.8) is 0 Å². The lowest BCUT2D eigenvalue weighted by atomic mass is 10.1. The Kier molecular flexibility index (Phi) is 5.43. The van der Waals surface area contributed by atoms with Gasteiger partial charge in [0.25, 0.3) is 5.91 Å². The van der Waals surface area contributed by atoms with Crippen molar-refractivity contribution in [2.24, 2.45) is 0 Å². The van der Waals surface area contributed by atoms with E-state index in [1.165, 1.54) is 24.9 Å². The van der Waals surface area contributed by atoms with Crippen LogP contribution >= 0.6 is 15.9 Å². The molecule has 1 saturated heterocycles. The molecule has 144 valence electrons. The van der Waals surface area contributed by atoms with Gasteiger partial charge < -0.3 is 10.2 Å². The zero-order valence-corrected chi connectivity index (χ0v) is 17.3. The molecule has 2 aromatic carbocycles. The highest BCUT2D eigenvalue weighted by Crippen LogP contribution is 2.22. The molecule has 0 saturated carbocycles. The van der Waals surface area contributed by atoms with Crippen LogP contribution in [0.4, 0.5) is 11.4 Å². The summed E-state index contributed by atoms with van der Waals surface area (Å²) < 4.78 is 2.61. The summed E-state index contributed by atoms with van der Waals surface area (Å²) >= 11 is 3.45. The van der Waals surface area contributed by atoms with Gasteiger partial charge in [-0.3, -0.25) is 4.79 Å².